The van der Waals surface area contributed by atoms with Gasteiger partial charge in [-0.3, -0.25) is 4.79 Å². The maximum Gasteiger partial charge on any atom is 0.255 e. The van der Waals surface area contributed by atoms with Gasteiger partial charge in [-0.15, -0.1) is 6.42 Å². The summed E-state index contributed by atoms with van der Waals surface area (Å²) in [7, 11) is 0. The average molecular weight is 226 g/mol. The number of aromatic amines is 1. The van der Waals surface area contributed by atoms with Crippen LogP contribution >= 0.6 is 0 Å². The first-order valence-electron chi connectivity index (χ1n) is 5.56. The third-order valence-electron chi connectivity index (χ3n) is 2.78. The molecular weight excluding hydrogens is 212 g/mol. The molecule has 0 aliphatic rings. The second kappa shape index (κ2) is 4.75. The molecule has 0 saturated carbocycles. The van der Waals surface area contributed by atoms with Gasteiger partial charge in [-0.1, -0.05) is 12.0 Å². The number of aromatic nitrogens is 1. The van der Waals surface area contributed by atoms with E-state index >= 15 is 0 Å². The predicted octanol–water partition coefficient (Wildman–Crippen LogP) is 2.26. The number of carbonyl (C=O) groups excluding carboxylic acids is 1. The molecule has 0 bridgehead atoms. The molecule has 1 aromatic heterocycles. The number of carbonyl (C=O) groups is 1. The molecule has 3 nitrogen and oxygen atoms in total. The van der Waals surface area contributed by atoms with Gasteiger partial charge in [0, 0.05) is 29.2 Å². The van der Waals surface area contributed by atoms with E-state index in [9.17, 15) is 4.79 Å². The van der Waals surface area contributed by atoms with Crippen LogP contribution < -0.4 is 0 Å². The topological polar surface area (TPSA) is 36.1 Å². The number of hydrogen-bond acceptors (Lipinski definition) is 1. The van der Waals surface area contributed by atoms with Gasteiger partial charge in [0.05, 0.1) is 6.54 Å². The minimum absolute atomic E-state index is 0.0179. The minimum atomic E-state index is -0.0179. The molecule has 0 radical (unpaired) electrons. The highest BCUT2D eigenvalue weighted by atomic mass is 16.2. The number of benzene rings is 1. The second-order valence-corrected chi connectivity index (χ2v) is 3.77. The van der Waals surface area contributed by atoms with Crippen molar-refractivity contribution in [3.05, 3.63) is 36.0 Å². The van der Waals surface area contributed by atoms with Crippen LogP contribution in [0.1, 0.15) is 17.3 Å². The normalized spacial score (nSPS) is 10.1. The first kappa shape index (κ1) is 11.3. The van der Waals surface area contributed by atoms with Gasteiger partial charge in [-0.05, 0) is 25.1 Å². The molecule has 17 heavy (non-hydrogen) atoms. The van der Waals surface area contributed by atoms with Crippen molar-refractivity contribution in [3.8, 4) is 12.3 Å². The first-order valence-corrected chi connectivity index (χ1v) is 5.56. The lowest BCUT2D eigenvalue weighted by molar-refractivity contribution is 0.0787. The Morgan fingerprint density at radius 3 is 3.00 bits per heavy atom. The van der Waals surface area contributed by atoms with E-state index in [1.54, 1.807) is 4.90 Å². The monoisotopic (exact) mass is 226 g/mol. The molecule has 0 spiro atoms. The van der Waals surface area contributed by atoms with E-state index in [1.165, 1.54) is 0 Å². The number of hydrogen-bond donors (Lipinski definition) is 1. The van der Waals surface area contributed by atoms with Crippen LogP contribution in [0.2, 0.25) is 0 Å². The highest BCUT2D eigenvalue weighted by Crippen LogP contribution is 2.18. The van der Waals surface area contributed by atoms with E-state index in [2.05, 4.69) is 10.9 Å². The van der Waals surface area contributed by atoms with Crippen molar-refractivity contribution >= 4 is 16.8 Å². The molecule has 1 amide bonds. The molecule has 2 aromatic rings. The lowest BCUT2D eigenvalue weighted by Crippen LogP contribution is -2.31. The minimum Gasteiger partial charge on any atom is -0.361 e. The summed E-state index contributed by atoms with van der Waals surface area (Å²) in [5, 5.41) is 0.938. The van der Waals surface area contributed by atoms with Crippen LogP contribution in [0.4, 0.5) is 0 Å². The average Bonchev–Trinajstić information content (AvgIpc) is 2.83. The molecular formula is C14H14N2O. The zero-order valence-electron chi connectivity index (χ0n) is 9.73. The van der Waals surface area contributed by atoms with Crippen LogP contribution in [0.15, 0.2) is 30.5 Å². The largest absolute Gasteiger partial charge is 0.361 e. The quantitative estimate of drug-likeness (QED) is 0.801. The van der Waals surface area contributed by atoms with Crippen molar-refractivity contribution < 1.29 is 4.79 Å². The predicted molar refractivity (Wildman–Crippen MR) is 68.7 cm³/mol. The standard InChI is InChI=1S/C14H14N2O/c1-3-10-16(4-2)14(17)12-6-5-7-13-11(12)8-9-15-13/h1,5-9,15H,4,10H2,2H3. The first-order chi connectivity index (χ1) is 8.27. The van der Waals surface area contributed by atoms with Crippen molar-refractivity contribution in [1.82, 2.24) is 9.88 Å². The SMILES string of the molecule is C#CCN(CC)C(=O)c1cccc2[nH]ccc12. The highest BCUT2D eigenvalue weighted by molar-refractivity contribution is 6.06. The zero-order chi connectivity index (χ0) is 12.3. The van der Waals surface area contributed by atoms with Gasteiger partial charge in [0.15, 0.2) is 0 Å². The van der Waals surface area contributed by atoms with Crippen molar-refractivity contribution in [2.75, 3.05) is 13.1 Å². The molecule has 3 heteroatoms. The summed E-state index contributed by atoms with van der Waals surface area (Å²) < 4.78 is 0. The Balaban J connectivity index is 2.42. The molecule has 0 aliphatic heterocycles. The maximum atomic E-state index is 12.3. The van der Waals surface area contributed by atoms with Crippen LogP contribution in [0.25, 0.3) is 10.9 Å². The number of rotatable bonds is 3. The number of amides is 1. The Bertz CT molecular complexity index is 577. The third-order valence-corrected chi connectivity index (χ3v) is 2.78. The summed E-state index contributed by atoms with van der Waals surface area (Å²) in [6.45, 7) is 2.88. The summed E-state index contributed by atoms with van der Waals surface area (Å²) in [4.78, 5) is 17.0. The molecule has 1 aromatic carbocycles. The lowest BCUT2D eigenvalue weighted by atomic mass is 10.1. The lowest BCUT2D eigenvalue weighted by Gasteiger charge is -2.18. The highest BCUT2D eigenvalue weighted by Gasteiger charge is 2.15. The van der Waals surface area contributed by atoms with Gasteiger partial charge >= 0.3 is 0 Å². The summed E-state index contributed by atoms with van der Waals surface area (Å²) >= 11 is 0. The molecule has 0 fully saturated rings. The van der Waals surface area contributed by atoms with Crippen LogP contribution in [0.5, 0.6) is 0 Å². The number of terminal acetylenes is 1. The fourth-order valence-electron chi connectivity index (χ4n) is 1.88. The van der Waals surface area contributed by atoms with Gasteiger partial charge in [0.1, 0.15) is 0 Å². The van der Waals surface area contributed by atoms with Crippen LogP contribution in [-0.2, 0) is 0 Å². The van der Waals surface area contributed by atoms with Gasteiger partial charge in [0.25, 0.3) is 5.91 Å². The molecule has 0 aliphatic carbocycles. The fourth-order valence-corrected chi connectivity index (χ4v) is 1.88. The van der Waals surface area contributed by atoms with E-state index in [1.807, 2.05) is 37.4 Å². The Hall–Kier alpha value is -2.21. The van der Waals surface area contributed by atoms with E-state index in [0.717, 1.165) is 10.9 Å². The van der Waals surface area contributed by atoms with Gasteiger partial charge in [-0.25, -0.2) is 0 Å². The van der Waals surface area contributed by atoms with Crippen LogP contribution in [0, 0.1) is 12.3 Å². The number of nitrogens with one attached hydrogen (secondary N) is 1. The summed E-state index contributed by atoms with van der Waals surface area (Å²) in [5.41, 5.74) is 1.66. The summed E-state index contributed by atoms with van der Waals surface area (Å²) in [6.07, 6.45) is 7.10. The molecule has 86 valence electrons. The number of H-pyrrole nitrogens is 1. The molecule has 2 rings (SSSR count). The Morgan fingerprint density at radius 1 is 1.47 bits per heavy atom. The molecule has 1 heterocycles. The van der Waals surface area contributed by atoms with Gasteiger partial charge in [0.2, 0.25) is 0 Å². The Kier molecular flexibility index (Phi) is 3.15. The maximum absolute atomic E-state index is 12.3. The van der Waals surface area contributed by atoms with Gasteiger partial charge in [-0.2, -0.15) is 0 Å². The molecule has 1 N–H and O–H groups in total. The van der Waals surface area contributed by atoms with Crippen molar-refractivity contribution in [1.29, 1.82) is 0 Å². The molecule has 0 atom stereocenters. The number of nitrogens with zero attached hydrogens (tertiary/aromatic N) is 1. The van der Waals surface area contributed by atoms with E-state index in [-0.39, 0.29) is 5.91 Å². The zero-order valence-corrected chi connectivity index (χ0v) is 9.73. The fraction of sp³-hybridized carbons (Fsp3) is 0.214. The second-order valence-electron chi connectivity index (χ2n) is 3.77. The van der Waals surface area contributed by atoms with Gasteiger partial charge < -0.3 is 9.88 Å². The van der Waals surface area contributed by atoms with Crippen LogP contribution in [0.3, 0.4) is 0 Å². The van der Waals surface area contributed by atoms with E-state index in [0.29, 0.717) is 18.7 Å². The Morgan fingerprint density at radius 2 is 2.29 bits per heavy atom. The van der Waals surface area contributed by atoms with Crippen molar-refractivity contribution in [3.63, 3.8) is 0 Å². The Labute approximate surface area is 100 Å². The van der Waals surface area contributed by atoms with Crippen molar-refractivity contribution in [2.45, 2.75) is 6.92 Å². The smallest absolute Gasteiger partial charge is 0.255 e. The summed E-state index contributed by atoms with van der Waals surface area (Å²) in [5.74, 6) is 2.49. The summed E-state index contributed by atoms with van der Waals surface area (Å²) in [6, 6.07) is 7.56. The van der Waals surface area contributed by atoms with E-state index in [4.69, 9.17) is 6.42 Å². The van der Waals surface area contributed by atoms with Crippen molar-refractivity contribution in [2.24, 2.45) is 0 Å². The molecule has 0 saturated heterocycles. The van der Waals surface area contributed by atoms with Crippen LogP contribution in [-0.4, -0.2) is 28.9 Å². The third kappa shape index (κ3) is 2.02. The number of fused-ring (bicyclic) bond motifs is 1. The van der Waals surface area contributed by atoms with E-state index < -0.39 is 0 Å². The molecule has 0 unspecified atom stereocenters.